The molecular formula is C81H151NO5. The number of nitrogens with one attached hydrogen (secondary N) is 1. The summed E-state index contributed by atoms with van der Waals surface area (Å²) in [4.78, 5) is 24.6. The van der Waals surface area contributed by atoms with E-state index >= 15 is 0 Å². The van der Waals surface area contributed by atoms with Crippen molar-refractivity contribution in [2.75, 3.05) is 13.2 Å². The fourth-order valence-corrected chi connectivity index (χ4v) is 12.1. The molecule has 0 spiro atoms. The average Bonchev–Trinajstić information content (AvgIpc) is 3.53. The predicted octanol–water partition coefficient (Wildman–Crippen LogP) is 25.8. The normalized spacial score (nSPS) is 12.8. The first-order valence-corrected chi connectivity index (χ1v) is 39.1. The van der Waals surface area contributed by atoms with Crippen LogP contribution in [0.4, 0.5) is 0 Å². The first-order chi connectivity index (χ1) is 43.0. The van der Waals surface area contributed by atoms with Gasteiger partial charge in [-0.05, 0) is 96.3 Å². The number of hydrogen-bond acceptors (Lipinski definition) is 5. The number of amides is 1. The van der Waals surface area contributed by atoms with Crippen molar-refractivity contribution in [1.29, 1.82) is 0 Å². The van der Waals surface area contributed by atoms with E-state index in [9.17, 15) is 19.8 Å². The van der Waals surface area contributed by atoms with Gasteiger partial charge in [0.05, 0.1) is 25.4 Å². The van der Waals surface area contributed by atoms with E-state index in [0.29, 0.717) is 19.4 Å². The van der Waals surface area contributed by atoms with Crippen molar-refractivity contribution in [2.24, 2.45) is 0 Å². The van der Waals surface area contributed by atoms with Crippen molar-refractivity contribution in [1.82, 2.24) is 5.32 Å². The second kappa shape index (κ2) is 76.0. The lowest BCUT2D eigenvalue weighted by Gasteiger charge is -2.20. The number of allylic oxidation sites excluding steroid dienone is 9. The first kappa shape index (κ1) is 84.6. The molecule has 0 bridgehead atoms. The smallest absolute Gasteiger partial charge is 0.305 e. The molecule has 3 N–H and O–H groups in total. The molecule has 0 radical (unpaired) electrons. The largest absolute Gasteiger partial charge is 0.466 e. The Balaban J connectivity index is 3.36. The van der Waals surface area contributed by atoms with Gasteiger partial charge in [-0.2, -0.15) is 0 Å². The second-order valence-electron chi connectivity index (χ2n) is 26.7. The molecule has 0 rings (SSSR count). The monoisotopic (exact) mass is 1220 g/mol. The lowest BCUT2D eigenvalue weighted by Crippen LogP contribution is -2.45. The molecule has 0 aliphatic heterocycles. The lowest BCUT2D eigenvalue weighted by molar-refractivity contribution is -0.143. The highest BCUT2D eigenvalue weighted by Crippen LogP contribution is 2.19. The zero-order valence-electron chi connectivity index (χ0n) is 58.5. The Morgan fingerprint density at radius 2 is 0.575 bits per heavy atom. The second-order valence-corrected chi connectivity index (χ2v) is 26.7. The Morgan fingerprint density at radius 3 is 0.897 bits per heavy atom. The van der Waals surface area contributed by atoms with Crippen LogP contribution in [0.3, 0.4) is 0 Å². The van der Waals surface area contributed by atoms with Crippen LogP contribution in [0.15, 0.2) is 60.8 Å². The summed E-state index contributed by atoms with van der Waals surface area (Å²) in [5.74, 6) is -0.0509. The van der Waals surface area contributed by atoms with E-state index in [1.807, 2.05) is 6.08 Å². The van der Waals surface area contributed by atoms with Crippen LogP contribution in [0, 0.1) is 0 Å². The Hall–Kier alpha value is -2.44. The molecule has 0 heterocycles. The summed E-state index contributed by atoms with van der Waals surface area (Å²) in [7, 11) is 0. The molecule has 510 valence electrons. The van der Waals surface area contributed by atoms with E-state index in [0.717, 1.165) is 57.8 Å². The van der Waals surface area contributed by atoms with Crippen molar-refractivity contribution in [3.8, 4) is 0 Å². The Morgan fingerprint density at radius 1 is 0.322 bits per heavy atom. The number of carbonyl (C=O) groups excluding carboxylic acids is 2. The maximum absolute atomic E-state index is 12.5. The highest BCUT2D eigenvalue weighted by atomic mass is 16.5. The highest BCUT2D eigenvalue weighted by Gasteiger charge is 2.18. The third-order valence-electron chi connectivity index (χ3n) is 18.0. The molecule has 2 atom stereocenters. The van der Waals surface area contributed by atoms with Gasteiger partial charge >= 0.3 is 5.97 Å². The van der Waals surface area contributed by atoms with Crippen molar-refractivity contribution in [2.45, 2.75) is 431 Å². The van der Waals surface area contributed by atoms with Gasteiger partial charge in [0, 0.05) is 12.8 Å². The number of unbranched alkanes of at least 4 members (excludes halogenated alkanes) is 54. The third kappa shape index (κ3) is 72.5. The summed E-state index contributed by atoms with van der Waals surface area (Å²) in [6.45, 7) is 4.90. The van der Waals surface area contributed by atoms with Gasteiger partial charge in [0.15, 0.2) is 0 Å². The number of hydrogen-bond donors (Lipinski definition) is 3. The van der Waals surface area contributed by atoms with Crippen LogP contribution < -0.4 is 5.32 Å². The molecule has 2 unspecified atom stereocenters. The molecule has 0 fully saturated rings. The molecule has 0 aliphatic carbocycles. The van der Waals surface area contributed by atoms with Crippen molar-refractivity contribution in [3.63, 3.8) is 0 Å². The number of esters is 1. The molecule has 6 nitrogen and oxygen atoms in total. The number of aliphatic hydroxyl groups excluding tert-OH is 2. The summed E-state index contributed by atoms with van der Waals surface area (Å²) in [5.41, 5.74) is 0. The Kier molecular flexibility index (Phi) is 73.9. The molecule has 0 aromatic rings. The van der Waals surface area contributed by atoms with Crippen LogP contribution in [0.2, 0.25) is 0 Å². The predicted molar refractivity (Wildman–Crippen MR) is 384 cm³/mol. The molecule has 0 saturated carbocycles. The minimum absolute atomic E-state index is 0.0124. The maximum Gasteiger partial charge on any atom is 0.305 e. The van der Waals surface area contributed by atoms with Crippen LogP contribution in [0.5, 0.6) is 0 Å². The summed E-state index contributed by atoms with van der Waals surface area (Å²) in [6, 6.07) is -0.626. The summed E-state index contributed by atoms with van der Waals surface area (Å²) >= 11 is 0. The van der Waals surface area contributed by atoms with E-state index in [1.54, 1.807) is 6.08 Å². The highest BCUT2D eigenvalue weighted by molar-refractivity contribution is 5.76. The van der Waals surface area contributed by atoms with Crippen LogP contribution in [-0.4, -0.2) is 47.4 Å². The molecular weight excluding hydrogens is 1070 g/mol. The fraction of sp³-hybridized carbons (Fsp3) is 0.852. The van der Waals surface area contributed by atoms with Crippen LogP contribution >= 0.6 is 0 Å². The van der Waals surface area contributed by atoms with Gasteiger partial charge in [-0.25, -0.2) is 0 Å². The number of ether oxygens (including phenoxy) is 1. The molecule has 6 heteroatoms. The van der Waals surface area contributed by atoms with Crippen LogP contribution in [0.1, 0.15) is 418 Å². The number of carbonyl (C=O) groups is 2. The minimum atomic E-state index is -0.842. The Labute approximate surface area is 543 Å². The van der Waals surface area contributed by atoms with Gasteiger partial charge in [-0.1, -0.05) is 370 Å². The average molecular weight is 1220 g/mol. The van der Waals surface area contributed by atoms with Crippen LogP contribution in [-0.2, 0) is 14.3 Å². The van der Waals surface area contributed by atoms with Crippen LogP contribution in [0.25, 0.3) is 0 Å². The number of aliphatic hydroxyl groups is 2. The first-order valence-electron chi connectivity index (χ1n) is 39.1. The standard InChI is InChI=1S/C81H151NO5/c1-3-5-7-9-11-13-15-17-19-43-47-51-55-59-63-67-71-75-81(86)87-76-72-68-64-60-56-52-48-45-42-40-38-36-34-32-30-28-26-24-22-20-21-23-25-27-29-31-33-35-37-39-41-44-46-50-54-58-62-66-70-74-80(85)82-78(77-83)79(84)73-69-65-61-57-53-49-18-16-14-12-10-8-6-4-2/h11,13,17,19-21,24,26,69,73,78-79,83-84H,3-10,12,14-16,18,22-23,25,27-68,70-72,74-77H2,1-2H3,(H,82,85)/b13-11-,19-17-,21-20-,26-24-,73-69+. The molecule has 0 aliphatic rings. The van der Waals surface area contributed by atoms with Gasteiger partial charge in [-0.3, -0.25) is 9.59 Å². The van der Waals surface area contributed by atoms with Crippen molar-refractivity contribution < 1.29 is 24.5 Å². The molecule has 0 aromatic heterocycles. The quantitative estimate of drug-likeness (QED) is 0.0320. The molecule has 0 saturated heterocycles. The topological polar surface area (TPSA) is 95.9 Å². The molecule has 87 heavy (non-hydrogen) atoms. The van der Waals surface area contributed by atoms with E-state index in [-0.39, 0.29) is 18.5 Å². The van der Waals surface area contributed by atoms with E-state index < -0.39 is 12.1 Å². The van der Waals surface area contributed by atoms with E-state index in [2.05, 4.69) is 67.8 Å². The summed E-state index contributed by atoms with van der Waals surface area (Å²) in [6.07, 6.45) is 102. The van der Waals surface area contributed by atoms with Gasteiger partial charge < -0.3 is 20.3 Å². The fourth-order valence-electron chi connectivity index (χ4n) is 12.1. The van der Waals surface area contributed by atoms with Crippen molar-refractivity contribution >= 4 is 11.9 Å². The SMILES string of the molecule is CCCCC/C=C\C/C=C\CCCCCCCCCC(=O)OCCCCCCCCCCCCCCCCC/C=C\C/C=C\CCCCCCCCCCCCCCCCCCCC(=O)NC(CO)C(O)/C=C/CCCCCCCCCCCCCC. The van der Waals surface area contributed by atoms with Gasteiger partial charge in [0.1, 0.15) is 0 Å². The minimum Gasteiger partial charge on any atom is -0.466 e. The van der Waals surface area contributed by atoms with Gasteiger partial charge in [0.25, 0.3) is 0 Å². The molecule has 1 amide bonds. The van der Waals surface area contributed by atoms with Gasteiger partial charge in [-0.15, -0.1) is 0 Å². The van der Waals surface area contributed by atoms with Gasteiger partial charge in [0.2, 0.25) is 5.91 Å². The van der Waals surface area contributed by atoms with E-state index in [1.165, 1.54) is 334 Å². The van der Waals surface area contributed by atoms with Crippen molar-refractivity contribution in [3.05, 3.63) is 60.8 Å². The zero-order valence-corrected chi connectivity index (χ0v) is 58.5. The maximum atomic E-state index is 12.5. The van der Waals surface area contributed by atoms with E-state index in [4.69, 9.17) is 4.74 Å². The summed E-state index contributed by atoms with van der Waals surface area (Å²) < 4.78 is 5.50. The lowest BCUT2D eigenvalue weighted by atomic mass is 10.0. The molecule has 0 aromatic carbocycles. The summed E-state index contributed by atoms with van der Waals surface area (Å²) in [5, 5.41) is 23.2. The third-order valence-corrected chi connectivity index (χ3v) is 18.0. The zero-order chi connectivity index (χ0) is 62.8. The number of rotatable bonds is 73. The Bertz CT molecular complexity index is 1500.